The number of ether oxygens (including phenoxy) is 2. The number of aryl methyl sites for hydroxylation is 2. The number of rotatable bonds is 5. The molecule has 0 unspecified atom stereocenters. The summed E-state index contributed by atoms with van der Waals surface area (Å²) in [5.74, 6) is 0.846. The van der Waals surface area contributed by atoms with Gasteiger partial charge in [-0.05, 0) is 31.0 Å². The van der Waals surface area contributed by atoms with Gasteiger partial charge in [-0.3, -0.25) is 10.1 Å². The van der Waals surface area contributed by atoms with Crippen molar-refractivity contribution in [1.82, 2.24) is 0 Å². The highest BCUT2D eigenvalue weighted by atomic mass is 16.6. The van der Waals surface area contributed by atoms with Gasteiger partial charge in [-0.1, -0.05) is 23.8 Å². The van der Waals surface area contributed by atoms with E-state index in [-0.39, 0.29) is 5.69 Å². The molecule has 21 heavy (non-hydrogen) atoms. The van der Waals surface area contributed by atoms with Crippen molar-refractivity contribution in [3.05, 3.63) is 63.2 Å². The number of methoxy groups -OCH3 is 1. The largest absolute Gasteiger partial charge is 0.493 e. The van der Waals surface area contributed by atoms with Crippen LogP contribution in [0.25, 0.3) is 0 Å². The first kappa shape index (κ1) is 14.8. The number of nitro benzene ring substituents is 1. The highest BCUT2D eigenvalue weighted by Gasteiger charge is 2.13. The predicted molar refractivity (Wildman–Crippen MR) is 79.9 cm³/mol. The van der Waals surface area contributed by atoms with E-state index < -0.39 is 4.92 Å². The SMILES string of the molecule is COc1ccc([N+](=O)[O-])cc1OCc1cc(C)ccc1C. The van der Waals surface area contributed by atoms with Gasteiger partial charge in [-0.15, -0.1) is 0 Å². The van der Waals surface area contributed by atoms with Crippen molar-refractivity contribution in [3.8, 4) is 11.5 Å². The van der Waals surface area contributed by atoms with Crippen molar-refractivity contribution >= 4 is 5.69 Å². The van der Waals surface area contributed by atoms with E-state index in [1.54, 1.807) is 0 Å². The van der Waals surface area contributed by atoms with Crippen LogP contribution in [0.3, 0.4) is 0 Å². The summed E-state index contributed by atoms with van der Waals surface area (Å²) >= 11 is 0. The number of hydrogen-bond donors (Lipinski definition) is 0. The summed E-state index contributed by atoms with van der Waals surface area (Å²) in [6.45, 7) is 4.35. The molecule has 0 atom stereocenters. The van der Waals surface area contributed by atoms with Crippen molar-refractivity contribution in [2.45, 2.75) is 20.5 Å². The first-order chi connectivity index (χ1) is 10.0. The minimum atomic E-state index is -0.454. The molecule has 2 aromatic carbocycles. The highest BCUT2D eigenvalue weighted by molar-refractivity contribution is 5.48. The Hall–Kier alpha value is -2.56. The van der Waals surface area contributed by atoms with Crippen LogP contribution in [0.2, 0.25) is 0 Å². The lowest BCUT2D eigenvalue weighted by molar-refractivity contribution is -0.385. The third-order valence-electron chi connectivity index (χ3n) is 3.25. The Labute approximate surface area is 123 Å². The minimum absolute atomic E-state index is 0.0215. The molecular weight excluding hydrogens is 270 g/mol. The monoisotopic (exact) mass is 287 g/mol. The predicted octanol–water partition coefficient (Wildman–Crippen LogP) is 3.80. The molecule has 0 radical (unpaired) electrons. The van der Waals surface area contributed by atoms with Crippen LogP contribution < -0.4 is 9.47 Å². The van der Waals surface area contributed by atoms with E-state index in [4.69, 9.17) is 9.47 Å². The number of nitrogens with zero attached hydrogens (tertiary/aromatic N) is 1. The molecule has 0 spiro atoms. The van der Waals surface area contributed by atoms with Crippen molar-refractivity contribution in [2.24, 2.45) is 0 Å². The molecular formula is C16H17NO4. The topological polar surface area (TPSA) is 61.6 Å². The molecule has 0 saturated carbocycles. The molecule has 0 aromatic heterocycles. The van der Waals surface area contributed by atoms with E-state index >= 15 is 0 Å². The molecule has 2 rings (SSSR count). The zero-order chi connectivity index (χ0) is 15.4. The van der Waals surface area contributed by atoms with Crippen LogP contribution in [-0.4, -0.2) is 12.0 Å². The van der Waals surface area contributed by atoms with E-state index in [0.29, 0.717) is 18.1 Å². The maximum Gasteiger partial charge on any atom is 0.273 e. The molecule has 110 valence electrons. The van der Waals surface area contributed by atoms with Gasteiger partial charge in [-0.25, -0.2) is 0 Å². The molecule has 5 heteroatoms. The van der Waals surface area contributed by atoms with Gasteiger partial charge in [0.15, 0.2) is 11.5 Å². The molecule has 0 amide bonds. The highest BCUT2D eigenvalue weighted by Crippen LogP contribution is 2.32. The molecule has 0 N–H and O–H groups in total. The van der Waals surface area contributed by atoms with Gasteiger partial charge in [0.25, 0.3) is 5.69 Å². The third-order valence-corrected chi connectivity index (χ3v) is 3.25. The summed E-state index contributed by atoms with van der Waals surface area (Å²) in [6.07, 6.45) is 0. The maximum atomic E-state index is 10.8. The number of hydrogen-bond acceptors (Lipinski definition) is 4. The van der Waals surface area contributed by atoms with Crippen LogP contribution in [0.1, 0.15) is 16.7 Å². The molecule has 0 saturated heterocycles. The Morgan fingerprint density at radius 2 is 1.86 bits per heavy atom. The molecule has 2 aromatic rings. The summed E-state index contributed by atoms with van der Waals surface area (Å²) in [7, 11) is 1.51. The Morgan fingerprint density at radius 3 is 2.52 bits per heavy atom. The molecule has 0 aliphatic carbocycles. The second-order valence-electron chi connectivity index (χ2n) is 4.81. The minimum Gasteiger partial charge on any atom is -0.493 e. The molecule has 0 aliphatic rings. The second kappa shape index (κ2) is 6.26. The lowest BCUT2D eigenvalue weighted by Crippen LogP contribution is -2.01. The Bertz CT molecular complexity index is 667. The van der Waals surface area contributed by atoms with Crippen molar-refractivity contribution in [2.75, 3.05) is 7.11 Å². The molecule has 5 nitrogen and oxygen atoms in total. The number of benzene rings is 2. The van der Waals surface area contributed by atoms with Crippen molar-refractivity contribution in [3.63, 3.8) is 0 Å². The normalized spacial score (nSPS) is 10.2. The van der Waals surface area contributed by atoms with Gasteiger partial charge in [0.2, 0.25) is 0 Å². The van der Waals surface area contributed by atoms with Gasteiger partial charge >= 0.3 is 0 Å². The third kappa shape index (κ3) is 3.51. The van der Waals surface area contributed by atoms with E-state index in [1.807, 2.05) is 32.0 Å². The Balaban J connectivity index is 2.24. The maximum absolute atomic E-state index is 10.8. The quantitative estimate of drug-likeness (QED) is 0.620. The lowest BCUT2D eigenvalue weighted by Gasteiger charge is -2.12. The van der Waals surface area contributed by atoms with E-state index in [1.165, 1.54) is 25.3 Å². The molecule has 0 bridgehead atoms. The number of nitro groups is 1. The van der Waals surface area contributed by atoms with Crippen LogP contribution in [-0.2, 0) is 6.61 Å². The molecule has 0 fully saturated rings. The van der Waals surface area contributed by atoms with Crippen molar-refractivity contribution < 1.29 is 14.4 Å². The zero-order valence-electron chi connectivity index (χ0n) is 12.3. The smallest absolute Gasteiger partial charge is 0.273 e. The Kier molecular flexibility index (Phi) is 4.42. The summed E-state index contributed by atoms with van der Waals surface area (Å²) in [5.41, 5.74) is 3.28. The van der Waals surface area contributed by atoms with E-state index in [0.717, 1.165) is 16.7 Å². The van der Waals surface area contributed by atoms with E-state index in [9.17, 15) is 10.1 Å². The van der Waals surface area contributed by atoms with Gasteiger partial charge in [-0.2, -0.15) is 0 Å². The van der Waals surface area contributed by atoms with Crippen LogP contribution in [0.4, 0.5) is 5.69 Å². The average Bonchev–Trinajstić information content (AvgIpc) is 2.47. The summed E-state index contributed by atoms with van der Waals surface area (Å²) in [4.78, 5) is 10.4. The first-order valence-corrected chi connectivity index (χ1v) is 6.52. The molecule has 0 aliphatic heterocycles. The Morgan fingerprint density at radius 1 is 1.10 bits per heavy atom. The lowest BCUT2D eigenvalue weighted by atomic mass is 10.1. The first-order valence-electron chi connectivity index (χ1n) is 6.52. The fourth-order valence-corrected chi connectivity index (χ4v) is 2.00. The second-order valence-corrected chi connectivity index (χ2v) is 4.81. The average molecular weight is 287 g/mol. The number of non-ortho nitro benzene ring substituents is 1. The summed E-state index contributed by atoms with van der Waals surface area (Å²) < 4.78 is 10.9. The zero-order valence-corrected chi connectivity index (χ0v) is 12.3. The molecule has 0 heterocycles. The van der Waals surface area contributed by atoms with Crippen molar-refractivity contribution in [1.29, 1.82) is 0 Å². The fraction of sp³-hybridized carbons (Fsp3) is 0.250. The summed E-state index contributed by atoms with van der Waals surface area (Å²) in [6, 6.07) is 10.4. The van der Waals surface area contributed by atoms with E-state index in [2.05, 4.69) is 0 Å². The van der Waals surface area contributed by atoms with Crippen LogP contribution in [0.5, 0.6) is 11.5 Å². The van der Waals surface area contributed by atoms with Gasteiger partial charge in [0, 0.05) is 6.07 Å². The fourth-order valence-electron chi connectivity index (χ4n) is 2.00. The summed E-state index contributed by atoms with van der Waals surface area (Å²) in [5, 5.41) is 10.8. The van der Waals surface area contributed by atoms with Gasteiger partial charge in [0.05, 0.1) is 18.1 Å². The van der Waals surface area contributed by atoms with Crippen LogP contribution in [0.15, 0.2) is 36.4 Å². The van der Waals surface area contributed by atoms with Crippen LogP contribution >= 0.6 is 0 Å². The standard InChI is InChI=1S/C16H17NO4/c1-11-4-5-12(2)13(8-11)10-21-16-9-14(17(18)19)6-7-15(16)20-3/h4-9H,10H2,1-3H3. The van der Waals surface area contributed by atoms with Gasteiger partial charge < -0.3 is 9.47 Å². The van der Waals surface area contributed by atoms with Crippen LogP contribution in [0, 0.1) is 24.0 Å². The van der Waals surface area contributed by atoms with Gasteiger partial charge in [0.1, 0.15) is 6.61 Å².